The third kappa shape index (κ3) is 4.96. The summed E-state index contributed by atoms with van der Waals surface area (Å²) in [5, 5.41) is 24.3. The molecule has 5 aromatic rings. The van der Waals surface area contributed by atoms with Gasteiger partial charge >= 0.3 is 5.97 Å². The Balaban J connectivity index is 1.35. The summed E-state index contributed by atoms with van der Waals surface area (Å²) in [5.41, 5.74) is 4.95. The highest BCUT2D eigenvalue weighted by molar-refractivity contribution is 6.22. The molecular weight excluding hydrogens is 530 g/mol. The first-order valence-electron chi connectivity index (χ1n) is 13.6. The molecule has 2 aromatic heterocycles. The van der Waals surface area contributed by atoms with Gasteiger partial charge < -0.3 is 25.5 Å². The number of carboxylic acid groups (broad SMARTS) is 1. The van der Waals surface area contributed by atoms with E-state index in [4.69, 9.17) is 4.99 Å². The van der Waals surface area contributed by atoms with Gasteiger partial charge in [-0.3, -0.25) is 9.59 Å². The summed E-state index contributed by atoms with van der Waals surface area (Å²) < 4.78 is 0. The van der Waals surface area contributed by atoms with Gasteiger partial charge in [-0.25, -0.2) is 9.98 Å². The summed E-state index contributed by atoms with van der Waals surface area (Å²) >= 11 is 0. The number of carbonyl (C=O) groups excluding carboxylic acids is 1. The summed E-state index contributed by atoms with van der Waals surface area (Å²) in [6.07, 6.45) is 5.68. The van der Waals surface area contributed by atoms with Crippen molar-refractivity contribution >= 4 is 45.9 Å². The molecule has 3 aromatic carbocycles. The monoisotopic (exact) mass is 559 g/mol. The zero-order valence-corrected chi connectivity index (χ0v) is 23.1. The maximum absolute atomic E-state index is 12.9. The zero-order chi connectivity index (χ0) is 29.4. The lowest BCUT2D eigenvalue weighted by molar-refractivity contribution is -0.142. The van der Waals surface area contributed by atoms with Crippen molar-refractivity contribution in [1.82, 2.24) is 15.0 Å². The lowest BCUT2D eigenvalue weighted by atomic mass is 9.85. The van der Waals surface area contributed by atoms with Crippen molar-refractivity contribution in [3.05, 3.63) is 113 Å². The third-order valence-electron chi connectivity index (χ3n) is 7.55. The number of carbonyl (C=O) groups is 2. The van der Waals surface area contributed by atoms with Crippen molar-refractivity contribution in [3.63, 3.8) is 0 Å². The van der Waals surface area contributed by atoms with Crippen LogP contribution in [0.3, 0.4) is 0 Å². The van der Waals surface area contributed by atoms with Crippen LogP contribution < -0.4 is 5.32 Å². The number of aliphatic carboxylic acids is 1. The Morgan fingerprint density at radius 1 is 1.00 bits per heavy atom. The van der Waals surface area contributed by atoms with Crippen molar-refractivity contribution in [1.29, 1.82) is 0 Å². The number of aromatic nitrogens is 3. The number of hydrogen-bond acceptors (Lipinski definition) is 5. The molecule has 0 saturated heterocycles. The zero-order valence-electron chi connectivity index (χ0n) is 23.1. The third-order valence-corrected chi connectivity index (χ3v) is 7.55. The van der Waals surface area contributed by atoms with Gasteiger partial charge in [-0.1, -0.05) is 48.5 Å². The second-order valence-corrected chi connectivity index (χ2v) is 10.8. The SMILES string of the molecule is CC(C)(C(=O)O)c1ccc(N=C(c2ccccc2)c2c(O)[nH]c3cc(NC(=O)c4nc5c([nH]4)CCC=C5)ccc23)cc1. The molecule has 1 amide bonds. The normalized spacial score (nSPS) is 13.2. The fourth-order valence-corrected chi connectivity index (χ4v) is 5.04. The molecule has 210 valence electrons. The average molecular weight is 560 g/mol. The molecule has 0 atom stereocenters. The number of benzene rings is 3. The standard InChI is InChI=1S/C33H29N5O4/c1-33(2,32(41)42)20-12-14-21(15-13-20)34-28(19-8-4-3-5-9-19)27-23-17-16-22(18-26(23)38-30(27)39)35-31(40)29-36-24-10-6-7-11-25(24)37-29/h3-6,8-10,12-18,38-39H,7,11H2,1-2H3,(H,35,40)(H,36,37)(H,41,42). The van der Waals surface area contributed by atoms with Crippen LogP contribution in [0.5, 0.6) is 5.88 Å². The van der Waals surface area contributed by atoms with E-state index in [0.29, 0.717) is 33.7 Å². The molecule has 1 aliphatic rings. The Morgan fingerprint density at radius 2 is 1.76 bits per heavy atom. The second kappa shape index (κ2) is 10.5. The summed E-state index contributed by atoms with van der Waals surface area (Å²) in [4.78, 5) is 40.0. The average Bonchev–Trinajstić information content (AvgIpc) is 3.57. The number of anilines is 1. The number of hydrogen-bond donors (Lipinski definition) is 5. The van der Waals surface area contributed by atoms with Gasteiger partial charge in [0.15, 0.2) is 11.7 Å². The predicted octanol–water partition coefficient (Wildman–Crippen LogP) is 6.34. The molecule has 0 fully saturated rings. The molecule has 0 aliphatic heterocycles. The molecule has 0 saturated carbocycles. The minimum atomic E-state index is -1.04. The fraction of sp³-hybridized carbons (Fsp3) is 0.152. The number of aliphatic imine (C=N–C) groups is 1. The number of aromatic hydroxyl groups is 1. The quantitative estimate of drug-likeness (QED) is 0.148. The van der Waals surface area contributed by atoms with Crippen LogP contribution >= 0.6 is 0 Å². The van der Waals surface area contributed by atoms with Gasteiger partial charge in [0.1, 0.15) is 0 Å². The van der Waals surface area contributed by atoms with Crippen LogP contribution in [-0.4, -0.2) is 42.8 Å². The molecule has 9 heteroatoms. The van der Waals surface area contributed by atoms with Crippen molar-refractivity contribution in [2.75, 3.05) is 5.32 Å². The fourth-order valence-electron chi connectivity index (χ4n) is 5.04. The van der Waals surface area contributed by atoms with E-state index in [1.54, 1.807) is 50.2 Å². The highest BCUT2D eigenvalue weighted by atomic mass is 16.4. The number of aryl methyl sites for hydroxylation is 1. The topological polar surface area (TPSA) is 143 Å². The number of imidazole rings is 1. The van der Waals surface area contributed by atoms with E-state index in [2.05, 4.69) is 20.3 Å². The van der Waals surface area contributed by atoms with E-state index in [-0.39, 0.29) is 17.6 Å². The number of amides is 1. The number of H-pyrrole nitrogens is 2. The molecule has 2 heterocycles. The number of fused-ring (bicyclic) bond motifs is 2. The van der Waals surface area contributed by atoms with Gasteiger partial charge in [-0.2, -0.15) is 0 Å². The maximum atomic E-state index is 12.9. The van der Waals surface area contributed by atoms with Crippen LogP contribution in [0.1, 0.15) is 59.0 Å². The largest absolute Gasteiger partial charge is 0.494 e. The molecule has 42 heavy (non-hydrogen) atoms. The van der Waals surface area contributed by atoms with Gasteiger partial charge in [0.25, 0.3) is 5.91 Å². The Morgan fingerprint density at radius 3 is 2.48 bits per heavy atom. The first-order chi connectivity index (χ1) is 20.2. The Labute approximate surface area is 241 Å². The van der Waals surface area contributed by atoms with Crippen LogP contribution in [0, 0.1) is 0 Å². The number of aromatic amines is 2. The Hall–Kier alpha value is -5.44. The number of allylic oxidation sites excluding steroid dienone is 1. The van der Waals surface area contributed by atoms with E-state index in [0.717, 1.165) is 35.2 Å². The predicted molar refractivity (Wildman–Crippen MR) is 163 cm³/mol. The highest BCUT2D eigenvalue weighted by Gasteiger charge is 2.29. The van der Waals surface area contributed by atoms with Gasteiger partial charge in [0.05, 0.1) is 33.6 Å². The summed E-state index contributed by atoms with van der Waals surface area (Å²) in [6, 6.07) is 21.9. The summed E-state index contributed by atoms with van der Waals surface area (Å²) in [7, 11) is 0. The molecule has 0 bridgehead atoms. The van der Waals surface area contributed by atoms with Gasteiger partial charge in [-0.05, 0) is 68.7 Å². The van der Waals surface area contributed by atoms with Crippen LogP contribution in [0.15, 0.2) is 83.9 Å². The Bertz CT molecular complexity index is 1880. The highest BCUT2D eigenvalue weighted by Crippen LogP contribution is 2.34. The van der Waals surface area contributed by atoms with Crippen LogP contribution in [0.4, 0.5) is 11.4 Å². The van der Waals surface area contributed by atoms with Crippen LogP contribution in [0.25, 0.3) is 17.0 Å². The molecule has 9 nitrogen and oxygen atoms in total. The number of nitrogens with zero attached hydrogens (tertiary/aromatic N) is 2. The first-order valence-corrected chi connectivity index (χ1v) is 13.6. The summed E-state index contributed by atoms with van der Waals surface area (Å²) in [5.74, 6) is -1.08. The summed E-state index contributed by atoms with van der Waals surface area (Å²) in [6.45, 7) is 3.31. The maximum Gasteiger partial charge on any atom is 0.313 e. The van der Waals surface area contributed by atoms with Gasteiger partial charge in [0, 0.05) is 22.3 Å². The molecule has 0 unspecified atom stereocenters. The number of carboxylic acids is 1. The van der Waals surface area contributed by atoms with Gasteiger partial charge in [-0.15, -0.1) is 0 Å². The molecule has 0 spiro atoms. The van der Waals surface area contributed by atoms with Crippen molar-refractivity contribution in [2.24, 2.45) is 4.99 Å². The van der Waals surface area contributed by atoms with E-state index in [9.17, 15) is 19.8 Å². The minimum absolute atomic E-state index is 0.0646. The van der Waals surface area contributed by atoms with Gasteiger partial charge in [0.2, 0.25) is 0 Å². The molecule has 0 radical (unpaired) electrons. The van der Waals surface area contributed by atoms with Crippen molar-refractivity contribution in [3.8, 4) is 5.88 Å². The van der Waals surface area contributed by atoms with E-state index >= 15 is 0 Å². The minimum Gasteiger partial charge on any atom is -0.494 e. The molecule has 5 N–H and O–H groups in total. The van der Waals surface area contributed by atoms with E-state index in [1.165, 1.54) is 0 Å². The van der Waals surface area contributed by atoms with Crippen LogP contribution in [0.2, 0.25) is 0 Å². The Kier molecular flexibility index (Phi) is 6.70. The first kappa shape index (κ1) is 26.8. The lowest BCUT2D eigenvalue weighted by Crippen LogP contribution is -2.28. The second-order valence-electron chi connectivity index (χ2n) is 10.8. The number of nitrogens with one attached hydrogen (secondary N) is 3. The molecule has 1 aliphatic carbocycles. The van der Waals surface area contributed by atoms with E-state index < -0.39 is 11.4 Å². The van der Waals surface area contributed by atoms with Crippen molar-refractivity contribution in [2.45, 2.75) is 32.1 Å². The smallest absolute Gasteiger partial charge is 0.313 e. The van der Waals surface area contributed by atoms with Crippen LogP contribution in [-0.2, 0) is 16.6 Å². The lowest BCUT2D eigenvalue weighted by Gasteiger charge is -2.19. The van der Waals surface area contributed by atoms with E-state index in [1.807, 2.05) is 48.6 Å². The number of rotatable bonds is 7. The van der Waals surface area contributed by atoms with Crippen molar-refractivity contribution < 1.29 is 19.8 Å². The molecule has 6 rings (SSSR count). The molecular formula is C33H29N5O4.